The predicted molar refractivity (Wildman–Crippen MR) is 318 cm³/mol. The van der Waals surface area contributed by atoms with Crippen molar-refractivity contribution in [3.63, 3.8) is 0 Å². The van der Waals surface area contributed by atoms with E-state index in [0.29, 0.717) is 16.2 Å². The molecule has 2 heterocycles. The molecule has 23 nitrogen and oxygen atoms in total. The highest BCUT2D eigenvalue weighted by Crippen LogP contribution is 2.41. The molecular weight excluding hydrogens is 1160 g/mol. The van der Waals surface area contributed by atoms with Crippen molar-refractivity contribution >= 4 is 73.3 Å². The number of amides is 7. The first-order valence-corrected chi connectivity index (χ1v) is 33.3. The van der Waals surface area contributed by atoms with E-state index in [1.165, 1.54) is 0 Å². The van der Waals surface area contributed by atoms with Gasteiger partial charge in [0.1, 0.15) is 17.7 Å². The summed E-state index contributed by atoms with van der Waals surface area (Å²) in [4.78, 5) is 118. The van der Waals surface area contributed by atoms with E-state index in [2.05, 4.69) is 30.3 Å². The third-order valence-corrected chi connectivity index (χ3v) is 15.9. The number of aromatic nitrogens is 1. The third-order valence-electron chi connectivity index (χ3n) is 13.2. The number of thioether (sulfide) groups is 1. The summed E-state index contributed by atoms with van der Waals surface area (Å²) in [5.74, 6) is -8.95. The van der Waals surface area contributed by atoms with Crippen LogP contribution < -0.4 is 16.4 Å². The number of nitrogens with one attached hydrogen (secondary N) is 2. The van der Waals surface area contributed by atoms with Crippen molar-refractivity contribution in [2.24, 2.45) is 11.1 Å². The fourth-order valence-electron chi connectivity index (χ4n) is 8.84. The number of nitrogens with zero attached hydrogens (tertiary/aromatic N) is 4. The maximum absolute atomic E-state index is 15.5. The first kappa shape index (κ1) is 71.6. The Kier molecular flexibility index (Phi) is 30.2. The van der Waals surface area contributed by atoms with E-state index < -0.39 is 116 Å². The molecule has 0 radical (unpaired) electrons. The van der Waals surface area contributed by atoms with Gasteiger partial charge >= 0.3 is 18.0 Å². The van der Waals surface area contributed by atoms with Gasteiger partial charge in [0, 0.05) is 94.6 Å². The fourth-order valence-corrected chi connectivity index (χ4v) is 10.5. The lowest BCUT2D eigenvalue weighted by Crippen LogP contribution is -2.55. The van der Waals surface area contributed by atoms with Crippen molar-refractivity contribution in [2.45, 2.75) is 103 Å². The molecular formula is C59H83F2N7O16SSi. The molecule has 1 aliphatic rings. The smallest absolute Gasteiger partial charge is 0.407 e. The van der Waals surface area contributed by atoms with Crippen LogP contribution >= 0.6 is 11.8 Å². The van der Waals surface area contributed by atoms with Gasteiger partial charge in [-0.1, -0.05) is 70.7 Å². The number of halogens is 2. The van der Waals surface area contributed by atoms with Crippen molar-refractivity contribution in [1.82, 2.24) is 29.9 Å². The summed E-state index contributed by atoms with van der Waals surface area (Å²) in [5.41, 5.74) is 7.10. The third kappa shape index (κ3) is 25.2. The van der Waals surface area contributed by atoms with E-state index in [9.17, 15) is 57.8 Å². The Labute approximate surface area is 505 Å². The van der Waals surface area contributed by atoms with Crippen molar-refractivity contribution in [3.05, 3.63) is 95.8 Å². The molecule has 0 saturated heterocycles. The second-order valence-corrected chi connectivity index (χ2v) is 29.1. The molecule has 0 bridgehead atoms. The minimum atomic E-state index is -1.87. The number of aliphatic carboxylic acids is 2. The highest BCUT2D eigenvalue weighted by Gasteiger charge is 2.40. The van der Waals surface area contributed by atoms with Gasteiger partial charge in [0.25, 0.3) is 11.8 Å². The molecule has 474 valence electrons. The highest BCUT2D eigenvalue weighted by atomic mass is 32.2. The van der Waals surface area contributed by atoms with Crippen LogP contribution in [-0.4, -0.2) is 200 Å². The average Bonchev–Trinajstić information content (AvgIpc) is 2.91. The number of hydrogen-bond donors (Lipinski definition) is 5. The van der Waals surface area contributed by atoms with Crippen molar-refractivity contribution in [1.29, 1.82) is 0 Å². The summed E-state index contributed by atoms with van der Waals surface area (Å²) in [6.07, 6.45) is 2.11. The summed E-state index contributed by atoms with van der Waals surface area (Å²) in [6, 6.07) is 10.7. The normalized spacial score (nSPS) is 13.5. The summed E-state index contributed by atoms with van der Waals surface area (Å²) < 4.78 is 59.5. The number of hydrogen-bond acceptors (Lipinski definition) is 16. The molecule has 0 aliphatic carbocycles. The zero-order valence-electron chi connectivity index (χ0n) is 49.9. The Hall–Kier alpha value is -6.88. The van der Waals surface area contributed by atoms with Gasteiger partial charge in [-0.2, -0.15) is 0 Å². The molecule has 0 saturated carbocycles. The maximum atomic E-state index is 15.5. The second kappa shape index (κ2) is 36.3. The predicted octanol–water partition coefficient (Wildman–Crippen LogP) is 5.47. The lowest BCUT2D eigenvalue weighted by molar-refractivity contribution is -0.158. The fraction of sp³-hybridized carbons (Fsp3) is 0.542. The van der Waals surface area contributed by atoms with E-state index in [1.807, 2.05) is 55.7 Å². The van der Waals surface area contributed by atoms with Crippen molar-refractivity contribution < 1.29 is 85.8 Å². The lowest BCUT2D eigenvalue weighted by Gasteiger charge is -2.41. The van der Waals surface area contributed by atoms with Gasteiger partial charge < -0.3 is 59.7 Å². The molecule has 0 unspecified atom stereocenters. The first-order valence-electron chi connectivity index (χ1n) is 28.4. The molecule has 3 aromatic rings. The van der Waals surface area contributed by atoms with E-state index in [4.69, 9.17) is 29.4 Å². The van der Waals surface area contributed by atoms with Gasteiger partial charge in [-0.25, -0.2) is 18.4 Å². The molecule has 3 atom stereocenters. The summed E-state index contributed by atoms with van der Waals surface area (Å²) >= 11 is 0.829. The van der Waals surface area contributed by atoms with Crippen LogP contribution in [0.5, 0.6) is 0 Å². The van der Waals surface area contributed by atoms with E-state index >= 15 is 4.39 Å². The maximum Gasteiger partial charge on any atom is 0.407 e. The number of imide groups is 2. The molecule has 1 aliphatic heterocycles. The van der Waals surface area contributed by atoms with Crippen LogP contribution in [0.25, 0.3) is 11.1 Å². The lowest BCUT2D eigenvalue weighted by atomic mass is 9.83. The van der Waals surface area contributed by atoms with Crippen LogP contribution in [0, 0.1) is 17.0 Å². The van der Waals surface area contributed by atoms with Gasteiger partial charge in [0.15, 0.2) is 0 Å². The molecule has 27 heteroatoms. The molecule has 0 spiro atoms. The van der Waals surface area contributed by atoms with Crippen molar-refractivity contribution in [3.8, 4) is 11.1 Å². The Morgan fingerprint density at radius 1 is 0.767 bits per heavy atom. The Balaban J connectivity index is 1.41. The van der Waals surface area contributed by atoms with E-state index in [0.717, 1.165) is 58.6 Å². The number of rotatable bonds is 40. The number of carboxylic acids is 2. The minimum Gasteiger partial charge on any atom is -0.481 e. The number of carbonyl (C=O) groups is 9. The standard InChI is InChI=1S/C59H83F2N7O16SSi/c1-59(2,3)55(47-35-42(44-36-43(60)13-14-45(44)61)38-65(47)37-41-11-8-7-9-12-41)67(23-10-21-64-58(79)84-33-34-86(4,5)6)53(73)40-85-39-48(57(77)78)68(56(76)46(62)15-18-54(74)75)52(72)20-25-80-27-29-82-31-32-83-30-28-81-26-22-63-49(69)19-24-66-50(70)16-17-51(66)71/h7-9,11-14,16-17,35-36,38,46,48,55H,10,15,18-34,37,39-40,62H2,1-6H3,(H,63,69)(H,64,79)(H,74,75)(H,77,78)/t46-,48-,55-/m0/s1. The first-order chi connectivity index (χ1) is 40.8. The molecule has 7 amide bonds. The number of benzene rings is 2. The van der Waals surface area contributed by atoms with Gasteiger partial charge in [-0.3, -0.25) is 43.4 Å². The van der Waals surface area contributed by atoms with Crippen LogP contribution in [0.1, 0.15) is 70.2 Å². The summed E-state index contributed by atoms with van der Waals surface area (Å²) in [6.45, 7) is 13.9. The minimum absolute atomic E-state index is 0.000945. The number of alkyl carbamates (subject to hydrolysis) is 1. The molecule has 1 aromatic heterocycles. The van der Waals surface area contributed by atoms with Crippen molar-refractivity contribution in [2.75, 3.05) is 97.1 Å². The SMILES string of the molecule is CC(C)(C)[C@H](c1cc(-c2cc(F)ccc2F)cn1Cc1ccccc1)N(CCCNC(=O)OCC[Si](C)(C)C)C(=O)CSC[C@@H](C(=O)O)N(C(=O)CCOCCOCCOCCOCCNC(=O)CCN1C(=O)C=CC1=O)C(=O)[C@@H](N)CCC(=O)O. The van der Waals surface area contributed by atoms with Crippen LogP contribution in [0.15, 0.2) is 72.9 Å². The number of carbonyl (C=O) groups excluding carboxylic acids is 7. The number of carboxylic acid groups (broad SMARTS) is 2. The van der Waals surface area contributed by atoms with Crippen LogP contribution in [0.4, 0.5) is 13.6 Å². The monoisotopic (exact) mass is 1240 g/mol. The van der Waals surface area contributed by atoms with Gasteiger partial charge in [0.2, 0.25) is 23.6 Å². The molecule has 2 aromatic carbocycles. The topological polar surface area (TPSA) is 305 Å². The number of ether oxygens (including phenoxy) is 5. The van der Waals surface area contributed by atoms with Crippen LogP contribution in [0.3, 0.4) is 0 Å². The summed E-state index contributed by atoms with van der Waals surface area (Å²) in [5, 5.41) is 25.3. The van der Waals surface area contributed by atoms with Crippen LogP contribution in [-0.2, 0) is 68.6 Å². The Bertz CT molecular complexity index is 2760. The highest BCUT2D eigenvalue weighted by molar-refractivity contribution is 8.00. The Morgan fingerprint density at radius 3 is 2.00 bits per heavy atom. The summed E-state index contributed by atoms with van der Waals surface area (Å²) in [7, 11) is -1.50. The zero-order valence-corrected chi connectivity index (χ0v) is 51.7. The number of nitrogens with two attached hydrogens (primary N) is 1. The van der Waals surface area contributed by atoms with Gasteiger partial charge in [0.05, 0.1) is 83.7 Å². The second-order valence-electron chi connectivity index (χ2n) is 22.4. The molecule has 0 fully saturated rings. The molecule has 4 rings (SSSR count). The van der Waals surface area contributed by atoms with E-state index in [-0.39, 0.29) is 122 Å². The Morgan fingerprint density at radius 2 is 1.40 bits per heavy atom. The molecule has 86 heavy (non-hydrogen) atoms. The molecule has 6 N–H and O–H groups in total. The van der Waals surface area contributed by atoms with Gasteiger partial charge in [-0.15, -0.1) is 11.8 Å². The average molecular weight is 1240 g/mol. The quantitative estimate of drug-likeness (QED) is 0.0268. The zero-order chi connectivity index (χ0) is 63.4. The van der Waals surface area contributed by atoms with Gasteiger partial charge in [-0.05, 0) is 54.1 Å². The largest absolute Gasteiger partial charge is 0.481 e. The van der Waals surface area contributed by atoms with E-state index in [1.54, 1.807) is 17.2 Å². The van der Waals surface area contributed by atoms with Crippen LogP contribution in [0.2, 0.25) is 25.7 Å².